The van der Waals surface area contributed by atoms with Crippen molar-refractivity contribution in [3.8, 4) is 11.8 Å². The van der Waals surface area contributed by atoms with Crippen molar-refractivity contribution < 1.29 is 18.3 Å². The van der Waals surface area contributed by atoms with E-state index < -0.39 is 6.43 Å². The Labute approximate surface area is 148 Å². The summed E-state index contributed by atoms with van der Waals surface area (Å²) in [6.07, 6.45) is -0.813. The molecule has 0 bridgehead atoms. The lowest BCUT2D eigenvalue weighted by Gasteiger charge is -2.08. The van der Waals surface area contributed by atoms with Crippen LogP contribution in [0.4, 0.5) is 8.78 Å². The van der Waals surface area contributed by atoms with Gasteiger partial charge in [0.05, 0.1) is 26.1 Å². The standard InChI is InChI=1S/C18H16F2N2O2S/c1-23-17-18(24-2)22-14(9-21-17)10-25-15-6-5-11-7-13(16(19)20)4-3-12(11)8-15/h3-9,16H,10H2,1-2H3. The first kappa shape index (κ1) is 17.4. The van der Waals surface area contributed by atoms with Gasteiger partial charge in [-0.3, -0.25) is 0 Å². The summed E-state index contributed by atoms with van der Waals surface area (Å²) in [5.74, 6) is 1.30. The van der Waals surface area contributed by atoms with Crippen molar-refractivity contribution in [3.63, 3.8) is 0 Å². The van der Waals surface area contributed by atoms with Gasteiger partial charge < -0.3 is 9.47 Å². The minimum absolute atomic E-state index is 0.0357. The zero-order valence-electron chi connectivity index (χ0n) is 13.7. The molecule has 0 fully saturated rings. The maximum absolute atomic E-state index is 12.8. The van der Waals surface area contributed by atoms with Crippen LogP contribution in [0.25, 0.3) is 10.8 Å². The summed E-state index contributed by atoms with van der Waals surface area (Å²) in [5, 5.41) is 1.72. The zero-order chi connectivity index (χ0) is 17.8. The molecule has 130 valence electrons. The van der Waals surface area contributed by atoms with Gasteiger partial charge in [0, 0.05) is 16.2 Å². The molecular weight excluding hydrogens is 346 g/mol. The number of benzene rings is 2. The molecular formula is C18H16F2N2O2S. The van der Waals surface area contributed by atoms with E-state index in [0.717, 1.165) is 21.4 Å². The highest BCUT2D eigenvalue weighted by molar-refractivity contribution is 7.98. The molecule has 0 aliphatic heterocycles. The van der Waals surface area contributed by atoms with Crippen molar-refractivity contribution in [1.29, 1.82) is 0 Å². The lowest BCUT2D eigenvalue weighted by Crippen LogP contribution is -1.99. The molecule has 0 spiro atoms. The molecule has 0 N–H and O–H groups in total. The number of hydrogen-bond acceptors (Lipinski definition) is 5. The summed E-state index contributed by atoms with van der Waals surface area (Å²) >= 11 is 1.58. The van der Waals surface area contributed by atoms with E-state index in [0.29, 0.717) is 17.5 Å². The lowest BCUT2D eigenvalue weighted by atomic mass is 10.1. The fourth-order valence-electron chi connectivity index (χ4n) is 2.36. The zero-order valence-corrected chi connectivity index (χ0v) is 14.5. The molecule has 0 saturated heterocycles. The number of halogens is 2. The maximum atomic E-state index is 12.8. The van der Waals surface area contributed by atoms with Crippen LogP contribution in [0.2, 0.25) is 0 Å². The van der Waals surface area contributed by atoms with E-state index in [-0.39, 0.29) is 5.56 Å². The van der Waals surface area contributed by atoms with Crippen molar-refractivity contribution in [2.24, 2.45) is 0 Å². The van der Waals surface area contributed by atoms with Gasteiger partial charge in [0.25, 0.3) is 18.2 Å². The van der Waals surface area contributed by atoms with Crippen LogP contribution < -0.4 is 9.47 Å². The fourth-order valence-corrected chi connectivity index (χ4v) is 3.19. The topological polar surface area (TPSA) is 44.2 Å². The summed E-state index contributed by atoms with van der Waals surface area (Å²) < 4.78 is 35.7. The van der Waals surface area contributed by atoms with Crippen molar-refractivity contribution in [2.45, 2.75) is 17.1 Å². The third kappa shape index (κ3) is 3.99. The van der Waals surface area contributed by atoms with E-state index in [9.17, 15) is 8.78 Å². The van der Waals surface area contributed by atoms with Gasteiger partial charge in [-0.1, -0.05) is 18.2 Å². The fraction of sp³-hybridized carbons (Fsp3) is 0.222. The number of methoxy groups -OCH3 is 2. The Bertz CT molecular complexity index is 890. The Morgan fingerprint density at radius 1 is 1.00 bits per heavy atom. The van der Waals surface area contributed by atoms with Gasteiger partial charge in [0.15, 0.2) is 0 Å². The van der Waals surface area contributed by atoms with Crippen molar-refractivity contribution in [1.82, 2.24) is 9.97 Å². The second-order valence-electron chi connectivity index (χ2n) is 5.24. The molecule has 3 rings (SSSR count). The molecule has 0 aliphatic carbocycles. The lowest BCUT2D eigenvalue weighted by molar-refractivity contribution is 0.151. The number of ether oxygens (including phenoxy) is 2. The van der Waals surface area contributed by atoms with Crippen LogP contribution in [0.15, 0.2) is 47.5 Å². The number of aromatic nitrogens is 2. The molecule has 0 radical (unpaired) electrons. The minimum atomic E-state index is -2.46. The maximum Gasteiger partial charge on any atom is 0.278 e. The van der Waals surface area contributed by atoms with Crippen molar-refractivity contribution in [3.05, 3.63) is 53.9 Å². The Hall–Kier alpha value is -2.41. The Balaban J connectivity index is 1.76. The predicted molar refractivity (Wildman–Crippen MR) is 93.6 cm³/mol. The quantitative estimate of drug-likeness (QED) is 0.585. The SMILES string of the molecule is COc1ncc(CSc2ccc3cc(C(F)F)ccc3c2)nc1OC. The monoisotopic (exact) mass is 362 g/mol. The van der Waals surface area contributed by atoms with Crippen LogP contribution in [0, 0.1) is 0 Å². The van der Waals surface area contributed by atoms with Gasteiger partial charge >= 0.3 is 0 Å². The molecule has 0 aliphatic rings. The molecule has 7 heteroatoms. The first-order valence-electron chi connectivity index (χ1n) is 7.49. The van der Waals surface area contributed by atoms with Gasteiger partial charge in [-0.25, -0.2) is 18.7 Å². The van der Waals surface area contributed by atoms with Gasteiger partial charge in [-0.15, -0.1) is 11.8 Å². The minimum Gasteiger partial charge on any atom is -0.477 e. The molecule has 0 unspecified atom stereocenters. The molecule has 3 aromatic rings. The predicted octanol–water partition coefficient (Wildman–Crippen LogP) is 4.88. The van der Waals surface area contributed by atoms with E-state index in [4.69, 9.17) is 9.47 Å². The normalized spacial score (nSPS) is 11.1. The van der Waals surface area contributed by atoms with Gasteiger partial charge in [-0.2, -0.15) is 0 Å². The number of fused-ring (bicyclic) bond motifs is 1. The van der Waals surface area contributed by atoms with Crippen LogP contribution in [0.3, 0.4) is 0 Å². The highest BCUT2D eigenvalue weighted by Crippen LogP contribution is 2.30. The van der Waals surface area contributed by atoms with Crippen LogP contribution in [-0.4, -0.2) is 24.2 Å². The van der Waals surface area contributed by atoms with Gasteiger partial charge in [0.2, 0.25) is 0 Å². The van der Waals surface area contributed by atoms with Crippen molar-refractivity contribution in [2.75, 3.05) is 14.2 Å². The number of nitrogens with zero attached hydrogens (tertiary/aromatic N) is 2. The van der Waals surface area contributed by atoms with E-state index in [1.807, 2.05) is 18.2 Å². The van der Waals surface area contributed by atoms with E-state index in [1.165, 1.54) is 26.4 Å². The summed E-state index contributed by atoms with van der Waals surface area (Å²) in [6, 6.07) is 10.4. The molecule has 25 heavy (non-hydrogen) atoms. The molecule has 0 atom stereocenters. The molecule has 0 saturated carbocycles. The first-order chi connectivity index (χ1) is 12.1. The Kier molecular flexibility index (Phi) is 5.33. The van der Waals surface area contributed by atoms with Crippen LogP contribution in [0.5, 0.6) is 11.8 Å². The largest absolute Gasteiger partial charge is 0.477 e. The first-order valence-corrected chi connectivity index (χ1v) is 8.48. The van der Waals surface area contributed by atoms with Gasteiger partial charge in [-0.05, 0) is 29.0 Å². The molecule has 2 aromatic carbocycles. The molecule has 4 nitrogen and oxygen atoms in total. The highest BCUT2D eigenvalue weighted by Gasteiger charge is 2.10. The summed E-state index contributed by atoms with van der Waals surface area (Å²) in [5.41, 5.74) is 0.796. The Morgan fingerprint density at radius 2 is 1.72 bits per heavy atom. The summed E-state index contributed by atoms with van der Waals surface area (Å²) in [6.45, 7) is 0. The smallest absolute Gasteiger partial charge is 0.278 e. The number of thioether (sulfide) groups is 1. The summed E-state index contributed by atoms with van der Waals surface area (Å²) in [4.78, 5) is 9.54. The highest BCUT2D eigenvalue weighted by atomic mass is 32.2. The number of alkyl halides is 2. The second-order valence-corrected chi connectivity index (χ2v) is 6.29. The average molecular weight is 362 g/mol. The number of rotatable bonds is 6. The average Bonchev–Trinajstić information content (AvgIpc) is 2.65. The van der Waals surface area contributed by atoms with Crippen LogP contribution in [0.1, 0.15) is 17.7 Å². The third-order valence-corrected chi connectivity index (χ3v) is 4.65. The van der Waals surface area contributed by atoms with E-state index in [2.05, 4.69) is 9.97 Å². The number of hydrogen-bond donors (Lipinski definition) is 0. The third-order valence-electron chi connectivity index (χ3n) is 3.62. The Morgan fingerprint density at radius 3 is 2.44 bits per heavy atom. The summed E-state index contributed by atoms with van der Waals surface area (Å²) in [7, 11) is 3.02. The van der Waals surface area contributed by atoms with Crippen molar-refractivity contribution >= 4 is 22.5 Å². The van der Waals surface area contributed by atoms with Gasteiger partial charge in [0.1, 0.15) is 0 Å². The van der Waals surface area contributed by atoms with E-state index >= 15 is 0 Å². The van der Waals surface area contributed by atoms with Crippen LogP contribution in [-0.2, 0) is 5.75 Å². The van der Waals surface area contributed by atoms with E-state index in [1.54, 1.807) is 24.0 Å². The molecule has 1 aromatic heterocycles. The molecule has 0 amide bonds. The second kappa shape index (κ2) is 7.65. The van der Waals surface area contributed by atoms with Crippen LogP contribution >= 0.6 is 11.8 Å². The molecule has 1 heterocycles.